The number of rotatable bonds is 3. The highest BCUT2D eigenvalue weighted by Crippen LogP contribution is 2.22. The van der Waals surface area contributed by atoms with Crippen LogP contribution in [0.15, 0.2) is 42.5 Å². The Morgan fingerprint density at radius 1 is 1.06 bits per heavy atom. The quantitative estimate of drug-likeness (QED) is 0.749. The molecule has 2 aromatic carbocycles. The molecule has 16 heavy (non-hydrogen) atoms. The van der Waals surface area contributed by atoms with Crippen molar-refractivity contribution in [1.29, 1.82) is 0 Å². The zero-order valence-electron chi connectivity index (χ0n) is 8.86. The summed E-state index contributed by atoms with van der Waals surface area (Å²) in [6, 6.07) is 10.9. The summed E-state index contributed by atoms with van der Waals surface area (Å²) in [5.41, 5.74) is 1.05. The molecule has 0 unspecified atom stereocenters. The Labute approximate surface area is 100 Å². The van der Waals surface area contributed by atoms with E-state index in [9.17, 15) is 4.39 Å². The molecule has 0 N–H and O–H groups in total. The van der Waals surface area contributed by atoms with Crippen molar-refractivity contribution in [2.24, 2.45) is 0 Å². The average Bonchev–Trinajstić information content (AvgIpc) is 2.33. The van der Waals surface area contributed by atoms with E-state index in [1.165, 1.54) is 6.07 Å². The van der Waals surface area contributed by atoms with Gasteiger partial charge >= 0.3 is 0 Å². The van der Waals surface area contributed by atoms with Gasteiger partial charge in [0.2, 0.25) is 0 Å². The third-order valence-corrected chi connectivity index (χ3v) is 2.76. The van der Waals surface area contributed by atoms with E-state index in [-0.39, 0.29) is 5.82 Å². The molecule has 0 aromatic heterocycles. The van der Waals surface area contributed by atoms with Crippen molar-refractivity contribution in [3.63, 3.8) is 0 Å². The second-order valence-electron chi connectivity index (χ2n) is 3.60. The Morgan fingerprint density at radius 2 is 1.81 bits per heavy atom. The maximum atomic E-state index is 13.5. The monoisotopic (exact) mass is 232 g/mol. The first-order valence-corrected chi connectivity index (χ1v) is 5.91. The minimum absolute atomic E-state index is 0.165. The minimum Gasteiger partial charge on any atom is -0.206 e. The molecule has 0 aliphatic carbocycles. The molecule has 2 heteroatoms. The zero-order valence-corrected chi connectivity index (χ0v) is 9.75. The van der Waals surface area contributed by atoms with Crippen molar-refractivity contribution in [2.75, 3.05) is 5.75 Å². The molecule has 0 atom stereocenters. The topological polar surface area (TPSA) is 0 Å². The first-order valence-electron chi connectivity index (χ1n) is 5.27. The molecule has 0 heterocycles. The van der Waals surface area contributed by atoms with E-state index in [1.54, 1.807) is 6.07 Å². The van der Waals surface area contributed by atoms with E-state index in [4.69, 9.17) is 0 Å². The summed E-state index contributed by atoms with van der Waals surface area (Å²) in [6.07, 6.45) is 5.01. The van der Waals surface area contributed by atoms with Crippen LogP contribution < -0.4 is 0 Å². The van der Waals surface area contributed by atoms with Crippen molar-refractivity contribution in [1.82, 2.24) is 0 Å². The molecule has 0 amide bonds. The summed E-state index contributed by atoms with van der Waals surface area (Å²) in [5.74, 6) is 0.664. The van der Waals surface area contributed by atoms with Crippen molar-refractivity contribution in [3.8, 4) is 0 Å². The summed E-state index contributed by atoms with van der Waals surface area (Å²) >= 11 is 4.15. The van der Waals surface area contributed by atoms with Crippen molar-refractivity contribution in [3.05, 3.63) is 53.9 Å². The summed E-state index contributed by atoms with van der Waals surface area (Å²) in [5, 5.41) is 1.63. The van der Waals surface area contributed by atoms with Gasteiger partial charge in [-0.05, 0) is 29.2 Å². The lowest BCUT2D eigenvalue weighted by atomic mass is 10.0. The fourth-order valence-corrected chi connectivity index (χ4v) is 1.86. The summed E-state index contributed by atoms with van der Waals surface area (Å²) < 4.78 is 13.5. The van der Waals surface area contributed by atoms with Crippen LogP contribution in [0.1, 0.15) is 12.0 Å². The maximum absolute atomic E-state index is 13.5. The highest BCUT2D eigenvalue weighted by molar-refractivity contribution is 7.80. The largest absolute Gasteiger partial charge is 0.206 e. The van der Waals surface area contributed by atoms with Gasteiger partial charge in [-0.1, -0.05) is 42.5 Å². The summed E-state index contributed by atoms with van der Waals surface area (Å²) in [4.78, 5) is 0. The molecule has 82 valence electrons. The highest BCUT2D eigenvalue weighted by atomic mass is 32.1. The molecule has 0 aliphatic heterocycles. The van der Waals surface area contributed by atoms with Gasteiger partial charge in [0.15, 0.2) is 0 Å². The lowest BCUT2D eigenvalue weighted by molar-refractivity contribution is 0.640. The molecule has 2 aromatic rings. The van der Waals surface area contributed by atoms with Gasteiger partial charge in [0.05, 0.1) is 0 Å². The van der Waals surface area contributed by atoms with Crippen LogP contribution in [0.5, 0.6) is 0 Å². The molecule has 0 radical (unpaired) electrons. The minimum atomic E-state index is -0.165. The van der Waals surface area contributed by atoms with Crippen LogP contribution >= 0.6 is 12.6 Å². The van der Waals surface area contributed by atoms with Gasteiger partial charge in [-0.3, -0.25) is 0 Å². The summed E-state index contributed by atoms with van der Waals surface area (Å²) in [6.45, 7) is 0. The second kappa shape index (κ2) is 5.17. The standard InChI is InChI=1S/C14H13FS/c15-14-9-8-11(5-3-4-10-16)12-6-1-2-7-13(12)14/h1-3,5-9,16H,4,10H2. The van der Waals surface area contributed by atoms with E-state index in [2.05, 4.69) is 18.7 Å². The highest BCUT2D eigenvalue weighted by Gasteiger charge is 2.02. The van der Waals surface area contributed by atoms with Crippen LogP contribution in [0, 0.1) is 5.82 Å². The average molecular weight is 232 g/mol. The van der Waals surface area contributed by atoms with E-state index < -0.39 is 0 Å². The van der Waals surface area contributed by atoms with Crippen molar-refractivity contribution < 1.29 is 4.39 Å². The molecule has 0 bridgehead atoms. The second-order valence-corrected chi connectivity index (χ2v) is 4.04. The Balaban J connectivity index is 2.50. The Hall–Kier alpha value is -1.28. The lowest BCUT2D eigenvalue weighted by Gasteiger charge is -2.03. The van der Waals surface area contributed by atoms with Crippen LogP contribution in [0.25, 0.3) is 16.8 Å². The molecular weight excluding hydrogens is 219 g/mol. The first-order chi connectivity index (χ1) is 7.83. The number of benzene rings is 2. The van der Waals surface area contributed by atoms with E-state index >= 15 is 0 Å². The molecule has 0 saturated heterocycles. The molecule has 0 fully saturated rings. The fraction of sp³-hybridized carbons (Fsp3) is 0.143. The van der Waals surface area contributed by atoms with Gasteiger partial charge in [0, 0.05) is 5.39 Å². The molecule has 0 nitrogen and oxygen atoms in total. The summed E-state index contributed by atoms with van der Waals surface area (Å²) in [7, 11) is 0. The number of hydrogen-bond acceptors (Lipinski definition) is 1. The Bertz CT molecular complexity index is 517. The van der Waals surface area contributed by atoms with Crippen LogP contribution in [0.3, 0.4) is 0 Å². The maximum Gasteiger partial charge on any atom is 0.131 e. The Morgan fingerprint density at radius 3 is 2.56 bits per heavy atom. The first kappa shape index (κ1) is 11.2. The van der Waals surface area contributed by atoms with Gasteiger partial charge in [-0.15, -0.1) is 0 Å². The van der Waals surface area contributed by atoms with Crippen LogP contribution in [0.4, 0.5) is 4.39 Å². The van der Waals surface area contributed by atoms with Crippen molar-refractivity contribution >= 4 is 29.5 Å². The van der Waals surface area contributed by atoms with Crippen LogP contribution in [-0.4, -0.2) is 5.75 Å². The lowest BCUT2D eigenvalue weighted by Crippen LogP contribution is -1.83. The van der Waals surface area contributed by atoms with Gasteiger partial charge in [-0.25, -0.2) is 4.39 Å². The van der Waals surface area contributed by atoms with Gasteiger partial charge in [-0.2, -0.15) is 12.6 Å². The number of thiol groups is 1. The predicted octanol–water partition coefficient (Wildman–Crippen LogP) is 4.31. The van der Waals surface area contributed by atoms with Crippen LogP contribution in [0.2, 0.25) is 0 Å². The normalized spacial score (nSPS) is 11.4. The van der Waals surface area contributed by atoms with Crippen molar-refractivity contribution in [2.45, 2.75) is 6.42 Å². The molecule has 0 aliphatic rings. The third-order valence-electron chi connectivity index (χ3n) is 2.50. The predicted molar refractivity (Wildman–Crippen MR) is 71.4 cm³/mol. The van der Waals surface area contributed by atoms with E-state index in [1.807, 2.05) is 30.3 Å². The molecule has 0 spiro atoms. The number of hydrogen-bond donors (Lipinski definition) is 1. The molecule has 0 saturated carbocycles. The van der Waals surface area contributed by atoms with Gasteiger partial charge in [0.25, 0.3) is 0 Å². The molecular formula is C14H13FS. The Kier molecular flexibility index (Phi) is 3.62. The number of fused-ring (bicyclic) bond motifs is 1. The van der Waals surface area contributed by atoms with Gasteiger partial charge in [0.1, 0.15) is 5.82 Å². The van der Waals surface area contributed by atoms with E-state index in [0.29, 0.717) is 5.39 Å². The smallest absolute Gasteiger partial charge is 0.131 e. The zero-order chi connectivity index (χ0) is 11.4. The number of halogens is 1. The van der Waals surface area contributed by atoms with Crippen LogP contribution in [-0.2, 0) is 0 Å². The SMILES string of the molecule is Fc1ccc(C=CCCS)c2ccccc12. The van der Waals surface area contributed by atoms with E-state index in [0.717, 1.165) is 23.1 Å². The third kappa shape index (κ3) is 2.27. The van der Waals surface area contributed by atoms with Gasteiger partial charge < -0.3 is 0 Å². The molecule has 2 rings (SSSR count). The fourth-order valence-electron chi connectivity index (χ4n) is 1.72. The number of allylic oxidation sites excluding steroid dienone is 1.